The highest BCUT2D eigenvalue weighted by Gasteiger charge is 2.25. The lowest BCUT2D eigenvalue weighted by atomic mass is 9.92. The Hall–Kier alpha value is -2.19. The van der Waals surface area contributed by atoms with Gasteiger partial charge < -0.3 is 10.2 Å². The molecule has 2 aliphatic heterocycles. The van der Waals surface area contributed by atoms with E-state index in [0.717, 1.165) is 74.7 Å². The Balaban J connectivity index is 1.09. The Morgan fingerprint density at radius 2 is 1.68 bits per heavy atom. The average molecular weight is 637 g/mol. The van der Waals surface area contributed by atoms with Crippen molar-refractivity contribution in [2.75, 3.05) is 44.6 Å². The Labute approximate surface area is 259 Å². The molecular formula is C34H46BrN5S. The van der Waals surface area contributed by atoms with Crippen LogP contribution in [0.4, 0.5) is 5.13 Å². The van der Waals surface area contributed by atoms with Gasteiger partial charge in [-0.15, -0.1) is 11.3 Å². The monoisotopic (exact) mass is 635 g/mol. The van der Waals surface area contributed by atoms with E-state index in [2.05, 4.69) is 105 Å². The molecule has 220 valence electrons. The average Bonchev–Trinajstić information content (AvgIpc) is 3.65. The summed E-state index contributed by atoms with van der Waals surface area (Å²) in [6, 6.07) is 14.1. The topological polar surface area (TPSA) is 34.6 Å². The molecule has 2 aliphatic rings. The number of hydrogen-bond acceptors (Lipinski definition) is 6. The summed E-state index contributed by atoms with van der Waals surface area (Å²) in [5.41, 5.74) is 9.55. The van der Waals surface area contributed by atoms with E-state index in [-0.39, 0.29) is 0 Å². The standard InChI is InChI=1S/C34H46BrN5S/c1-5-27-19-29(20-28(6-2)33(27)7-3)25(4)39-17-15-38(16-18-39)23-31-24-41-34(37-31)36-21-32-9-8-14-40(32)22-26-10-12-30(35)13-11-26/h10-13,19-20,24,32H,4-9,14-18,21-23H2,1-3H3,(H,36,37). The summed E-state index contributed by atoms with van der Waals surface area (Å²) in [5.74, 6) is 0. The minimum Gasteiger partial charge on any atom is -0.369 e. The molecular weight excluding hydrogens is 590 g/mol. The summed E-state index contributed by atoms with van der Waals surface area (Å²) < 4.78 is 1.14. The van der Waals surface area contributed by atoms with Crippen LogP contribution < -0.4 is 5.32 Å². The second kappa shape index (κ2) is 14.3. The number of likely N-dealkylation sites (tertiary alicyclic amines) is 1. The Bertz CT molecular complexity index is 1270. The van der Waals surface area contributed by atoms with E-state index in [9.17, 15) is 0 Å². The minimum atomic E-state index is 0.562. The van der Waals surface area contributed by atoms with Gasteiger partial charge in [0.05, 0.1) is 5.69 Å². The number of aromatic nitrogens is 1. The zero-order valence-corrected chi connectivity index (χ0v) is 27.5. The molecule has 1 aromatic heterocycles. The van der Waals surface area contributed by atoms with Crippen molar-refractivity contribution >= 4 is 38.1 Å². The molecule has 3 aromatic rings. The predicted octanol–water partition coefficient (Wildman–Crippen LogP) is 7.46. The Morgan fingerprint density at radius 1 is 0.976 bits per heavy atom. The molecule has 2 saturated heterocycles. The van der Waals surface area contributed by atoms with Crippen LogP contribution in [0.5, 0.6) is 0 Å². The maximum Gasteiger partial charge on any atom is 0.182 e. The third-order valence-corrected chi connectivity index (χ3v) is 10.2. The Kier molecular flexibility index (Phi) is 10.6. The number of hydrogen-bond donors (Lipinski definition) is 1. The molecule has 3 heterocycles. The van der Waals surface area contributed by atoms with Crippen molar-refractivity contribution in [3.05, 3.63) is 86.3 Å². The lowest BCUT2D eigenvalue weighted by Crippen LogP contribution is -2.44. The van der Waals surface area contributed by atoms with Crippen molar-refractivity contribution in [3.63, 3.8) is 0 Å². The van der Waals surface area contributed by atoms with Gasteiger partial charge in [-0.05, 0) is 90.7 Å². The first-order chi connectivity index (χ1) is 20.0. The molecule has 0 saturated carbocycles. The fraction of sp³-hybridized carbons (Fsp3) is 0.500. The highest BCUT2D eigenvalue weighted by molar-refractivity contribution is 9.10. The van der Waals surface area contributed by atoms with Crippen LogP contribution in [0, 0.1) is 0 Å². The van der Waals surface area contributed by atoms with Gasteiger partial charge in [0, 0.05) is 67.4 Å². The van der Waals surface area contributed by atoms with Gasteiger partial charge in [0.1, 0.15) is 0 Å². The number of aryl methyl sites for hydroxylation is 2. The molecule has 2 fully saturated rings. The van der Waals surface area contributed by atoms with Crippen LogP contribution in [0.1, 0.15) is 67.1 Å². The minimum absolute atomic E-state index is 0.562. The van der Waals surface area contributed by atoms with Crippen LogP contribution in [0.25, 0.3) is 5.70 Å². The van der Waals surface area contributed by atoms with Crippen molar-refractivity contribution in [2.45, 2.75) is 72.0 Å². The molecule has 0 spiro atoms. The second-order valence-electron chi connectivity index (χ2n) is 11.5. The summed E-state index contributed by atoms with van der Waals surface area (Å²) in [4.78, 5) is 12.6. The molecule has 2 aromatic carbocycles. The summed E-state index contributed by atoms with van der Waals surface area (Å²) in [6.07, 6.45) is 5.80. The summed E-state index contributed by atoms with van der Waals surface area (Å²) in [5, 5.41) is 6.94. The van der Waals surface area contributed by atoms with Crippen molar-refractivity contribution in [1.29, 1.82) is 0 Å². The highest BCUT2D eigenvalue weighted by Crippen LogP contribution is 2.27. The molecule has 5 nitrogen and oxygen atoms in total. The summed E-state index contributed by atoms with van der Waals surface area (Å²) in [6.45, 7) is 19.5. The smallest absolute Gasteiger partial charge is 0.182 e. The fourth-order valence-corrected chi connectivity index (χ4v) is 7.44. The fourth-order valence-electron chi connectivity index (χ4n) is 6.46. The van der Waals surface area contributed by atoms with E-state index >= 15 is 0 Å². The summed E-state index contributed by atoms with van der Waals surface area (Å²) in [7, 11) is 0. The molecule has 7 heteroatoms. The normalized spacial score (nSPS) is 18.2. The molecule has 0 radical (unpaired) electrons. The van der Waals surface area contributed by atoms with Crippen LogP contribution in [-0.2, 0) is 32.4 Å². The van der Waals surface area contributed by atoms with E-state index < -0.39 is 0 Å². The number of anilines is 1. The first-order valence-corrected chi connectivity index (χ1v) is 17.1. The number of thiazole rings is 1. The van der Waals surface area contributed by atoms with E-state index in [4.69, 9.17) is 4.98 Å². The molecule has 1 unspecified atom stereocenters. The molecule has 1 atom stereocenters. The lowest BCUT2D eigenvalue weighted by molar-refractivity contribution is 0.168. The van der Waals surface area contributed by atoms with Crippen molar-refractivity contribution in [1.82, 2.24) is 19.7 Å². The number of nitrogens with one attached hydrogen (secondary N) is 1. The van der Waals surface area contributed by atoms with Crippen LogP contribution in [-0.4, -0.2) is 65.0 Å². The first kappa shape index (κ1) is 30.3. The second-order valence-corrected chi connectivity index (χ2v) is 13.2. The van der Waals surface area contributed by atoms with Gasteiger partial charge in [-0.2, -0.15) is 0 Å². The summed E-state index contributed by atoms with van der Waals surface area (Å²) >= 11 is 5.29. The van der Waals surface area contributed by atoms with Gasteiger partial charge in [-0.3, -0.25) is 9.80 Å². The third-order valence-electron chi connectivity index (χ3n) is 8.86. The highest BCUT2D eigenvalue weighted by atomic mass is 79.9. The molecule has 41 heavy (non-hydrogen) atoms. The zero-order valence-electron chi connectivity index (χ0n) is 25.1. The maximum atomic E-state index is 4.95. The van der Waals surface area contributed by atoms with Crippen LogP contribution >= 0.6 is 27.3 Å². The largest absolute Gasteiger partial charge is 0.369 e. The van der Waals surface area contributed by atoms with Gasteiger partial charge in [0.25, 0.3) is 0 Å². The van der Waals surface area contributed by atoms with Crippen molar-refractivity contribution in [2.24, 2.45) is 0 Å². The molecule has 1 N–H and O–H groups in total. The SMILES string of the molecule is C=C(c1cc(CC)c(CC)c(CC)c1)N1CCN(Cc2csc(NCC3CCCN3Cc3ccc(Br)cc3)n2)CC1. The van der Waals surface area contributed by atoms with Gasteiger partial charge in [0.2, 0.25) is 0 Å². The van der Waals surface area contributed by atoms with Gasteiger partial charge >= 0.3 is 0 Å². The molecule has 5 rings (SSSR count). The Morgan fingerprint density at radius 3 is 2.34 bits per heavy atom. The quantitative estimate of drug-likeness (QED) is 0.223. The zero-order chi connectivity index (χ0) is 28.8. The van der Waals surface area contributed by atoms with Crippen LogP contribution in [0.2, 0.25) is 0 Å². The van der Waals surface area contributed by atoms with Crippen molar-refractivity contribution < 1.29 is 0 Å². The lowest BCUT2D eigenvalue weighted by Gasteiger charge is -2.37. The number of benzene rings is 2. The van der Waals surface area contributed by atoms with Crippen LogP contribution in [0.15, 0.2) is 52.8 Å². The number of piperazine rings is 1. The number of halogens is 1. The van der Waals surface area contributed by atoms with E-state index in [1.165, 1.54) is 58.6 Å². The van der Waals surface area contributed by atoms with Crippen molar-refractivity contribution in [3.8, 4) is 0 Å². The molecule has 0 amide bonds. The van der Waals surface area contributed by atoms with Gasteiger partial charge in [-0.25, -0.2) is 4.98 Å². The van der Waals surface area contributed by atoms with Crippen LogP contribution in [0.3, 0.4) is 0 Å². The predicted molar refractivity (Wildman–Crippen MR) is 179 cm³/mol. The van der Waals surface area contributed by atoms with E-state index in [1.807, 2.05) is 0 Å². The van der Waals surface area contributed by atoms with Gasteiger partial charge in [0.15, 0.2) is 5.13 Å². The maximum absolute atomic E-state index is 4.95. The number of rotatable bonds is 12. The van der Waals surface area contributed by atoms with Gasteiger partial charge in [-0.1, -0.05) is 55.4 Å². The van der Waals surface area contributed by atoms with E-state index in [0.29, 0.717) is 6.04 Å². The number of nitrogens with zero attached hydrogens (tertiary/aromatic N) is 4. The molecule has 0 bridgehead atoms. The molecule has 0 aliphatic carbocycles. The third kappa shape index (κ3) is 7.61. The first-order valence-electron chi connectivity index (χ1n) is 15.4. The van der Waals surface area contributed by atoms with E-state index in [1.54, 1.807) is 11.3 Å².